The van der Waals surface area contributed by atoms with E-state index < -0.39 is 0 Å². The van der Waals surface area contributed by atoms with Crippen molar-refractivity contribution in [1.82, 2.24) is 9.97 Å². The van der Waals surface area contributed by atoms with Crippen molar-refractivity contribution in [2.45, 2.75) is 6.61 Å². The fourth-order valence-corrected chi connectivity index (χ4v) is 2.71. The quantitative estimate of drug-likeness (QED) is 0.574. The number of H-pyrrole nitrogens is 1. The van der Waals surface area contributed by atoms with Gasteiger partial charge in [0.2, 0.25) is 0 Å². The summed E-state index contributed by atoms with van der Waals surface area (Å²) in [6.45, 7) is 0.00599. The maximum Gasteiger partial charge on any atom is 0.150 e. The number of fused-ring (bicyclic) bond motifs is 1. The molecule has 0 radical (unpaired) electrons. The first-order valence-electron chi connectivity index (χ1n) is 7.00. The highest BCUT2D eigenvalue weighted by Crippen LogP contribution is 2.23. The molecule has 1 aromatic heterocycles. The van der Waals surface area contributed by atoms with E-state index >= 15 is 0 Å². The number of aromatic amines is 1. The highest BCUT2D eigenvalue weighted by molar-refractivity contribution is 7.81. The summed E-state index contributed by atoms with van der Waals surface area (Å²) in [5, 5.41) is 9.22. The first-order valence-corrected chi connectivity index (χ1v) is 7.41. The van der Waals surface area contributed by atoms with E-state index in [1.807, 2.05) is 61.5 Å². The normalized spacial score (nSPS) is 10.9. The maximum atomic E-state index is 9.22. The number of hydrogen-bond donors (Lipinski definition) is 2. The average Bonchev–Trinajstić information content (AvgIpc) is 2.96. The molecule has 0 unspecified atom stereocenters. The van der Waals surface area contributed by atoms with Crippen molar-refractivity contribution in [3.05, 3.63) is 59.4 Å². The summed E-state index contributed by atoms with van der Waals surface area (Å²) in [7, 11) is 3.99. The van der Waals surface area contributed by atoms with Gasteiger partial charge in [-0.3, -0.25) is 0 Å². The average molecular weight is 311 g/mol. The molecule has 0 aliphatic carbocycles. The Bertz CT molecular complexity index is 839. The zero-order valence-electron chi connectivity index (χ0n) is 12.5. The molecule has 0 amide bonds. The summed E-state index contributed by atoms with van der Waals surface area (Å²) in [5.41, 5.74) is 4.60. The van der Waals surface area contributed by atoms with Gasteiger partial charge in [-0.15, -0.1) is 0 Å². The molecule has 0 spiro atoms. The summed E-state index contributed by atoms with van der Waals surface area (Å²) in [6.07, 6.45) is 0. The van der Waals surface area contributed by atoms with Gasteiger partial charge in [-0.05, 0) is 23.8 Å². The fraction of sp³-hybridized carbons (Fsp3) is 0.176. The SMILES string of the molecule is CN(C)c1ccccc1C(=S)c1nc2cc(CO)ccc2[nH]1. The van der Waals surface area contributed by atoms with E-state index in [0.717, 1.165) is 27.8 Å². The van der Waals surface area contributed by atoms with Crippen molar-refractivity contribution in [1.29, 1.82) is 0 Å². The van der Waals surface area contributed by atoms with Crippen molar-refractivity contribution in [2.24, 2.45) is 0 Å². The van der Waals surface area contributed by atoms with E-state index in [4.69, 9.17) is 12.2 Å². The first-order chi connectivity index (χ1) is 10.6. The zero-order chi connectivity index (χ0) is 15.7. The second kappa shape index (κ2) is 5.87. The fourth-order valence-electron chi connectivity index (χ4n) is 2.44. The van der Waals surface area contributed by atoms with Crippen LogP contribution in [-0.2, 0) is 6.61 Å². The number of thiocarbonyl (C=S) groups is 1. The molecule has 3 aromatic rings. The topological polar surface area (TPSA) is 52.1 Å². The van der Waals surface area contributed by atoms with Crippen LogP contribution in [0.1, 0.15) is 17.0 Å². The molecular formula is C17H17N3OS. The van der Waals surface area contributed by atoms with Crippen molar-refractivity contribution in [3.8, 4) is 0 Å². The Labute approximate surface area is 134 Å². The number of nitrogens with zero attached hydrogens (tertiary/aromatic N) is 2. The molecule has 5 heteroatoms. The monoisotopic (exact) mass is 311 g/mol. The third-order valence-electron chi connectivity index (χ3n) is 3.58. The Balaban J connectivity index is 2.06. The van der Waals surface area contributed by atoms with Gasteiger partial charge in [0.25, 0.3) is 0 Å². The van der Waals surface area contributed by atoms with Crippen LogP contribution >= 0.6 is 12.2 Å². The Hall–Kier alpha value is -2.24. The van der Waals surface area contributed by atoms with Gasteiger partial charge in [-0.2, -0.15) is 0 Å². The molecule has 0 atom stereocenters. The van der Waals surface area contributed by atoms with E-state index in [2.05, 4.69) is 9.97 Å². The number of aliphatic hydroxyl groups is 1. The second-order valence-corrected chi connectivity index (χ2v) is 5.74. The molecule has 0 bridgehead atoms. The van der Waals surface area contributed by atoms with Crippen molar-refractivity contribution >= 4 is 33.8 Å². The van der Waals surface area contributed by atoms with Gasteiger partial charge in [-0.25, -0.2) is 4.98 Å². The highest BCUT2D eigenvalue weighted by atomic mass is 32.1. The standard InChI is InChI=1S/C17H17N3OS/c1-20(2)15-6-4-3-5-12(15)16(22)17-18-13-8-7-11(10-21)9-14(13)19-17/h3-9,21H,10H2,1-2H3,(H,18,19). The smallest absolute Gasteiger partial charge is 0.150 e. The third-order valence-corrected chi connectivity index (χ3v) is 3.99. The van der Waals surface area contributed by atoms with Crippen LogP contribution in [0.5, 0.6) is 0 Å². The lowest BCUT2D eigenvalue weighted by atomic mass is 10.1. The van der Waals surface area contributed by atoms with E-state index in [9.17, 15) is 5.11 Å². The number of nitrogens with one attached hydrogen (secondary N) is 1. The van der Waals surface area contributed by atoms with Gasteiger partial charge >= 0.3 is 0 Å². The summed E-state index contributed by atoms with van der Waals surface area (Å²) in [4.78, 5) is 10.6. The zero-order valence-corrected chi connectivity index (χ0v) is 13.3. The third kappa shape index (κ3) is 2.61. The molecule has 112 valence electrons. The van der Waals surface area contributed by atoms with Crippen molar-refractivity contribution in [2.75, 3.05) is 19.0 Å². The summed E-state index contributed by atoms with van der Waals surface area (Å²) < 4.78 is 0. The summed E-state index contributed by atoms with van der Waals surface area (Å²) in [6, 6.07) is 13.7. The molecule has 2 N–H and O–H groups in total. The van der Waals surface area contributed by atoms with Crippen LogP contribution in [0, 0.1) is 0 Å². The van der Waals surface area contributed by atoms with Gasteiger partial charge < -0.3 is 15.0 Å². The van der Waals surface area contributed by atoms with E-state index in [-0.39, 0.29) is 6.61 Å². The van der Waals surface area contributed by atoms with Crippen LogP contribution in [0.15, 0.2) is 42.5 Å². The molecule has 1 heterocycles. The molecule has 0 aliphatic heterocycles. The van der Waals surface area contributed by atoms with Crippen LogP contribution < -0.4 is 4.90 Å². The Morgan fingerprint density at radius 3 is 2.73 bits per heavy atom. The van der Waals surface area contributed by atoms with Gasteiger partial charge in [0, 0.05) is 25.3 Å². The largest absolute Gasteiger partial charge is 0.392 e. The summed E-state index contributed by atoms with van der Waals surface area (Å²) >= 11 is 5.63. The number of anilines is 1. The van der Waals surface area contributed by atoms with Gasteiger partial charge in [0.05, 0.1) is 22.5 Å². The van der Waals surface area contributed by atoms with E-state index in [1.54, 1.807) is 0 Å². The Kier molecular flexibility index (Phi) is 3.92. The predicted molar refractivity (Wildman–Crippen MR) is 93.6 cm³/mol. The number of rotatable bonds is 4. The van der Waals surface area contributed by atoms with Gasteiger partial charge in [0.15, 0.2) is 0 Å². The minimum absolute atomic E-state index is 0.00599. The van der Waals surface area contributed by atoms with Crippen LogP contribution in [0.2, 0.25) is 0 Å². The molecule has 22 heavy (non-hydrogen) atoms. The van der Waals surface area contributed by atoms with Crippen molar-refractivity contribution in [3.63, 3.8) is 0 Å². The highest BCUT2D eigenvalue weighted by Gasteiger charge is 2.14. The number of aliphatic hydroxyl groups excluding tert-OH is 1. The number of para-hydroxylation sites is 1. The lowest BCUT2D eigenvalue weighted by Gasteiger charge is -2.17. The van der Waals surface area contributed by atoms with Crippen LogP contribution in [0.25, 0.3) is 11.0 Å². The number of hydrogen-bond acceptors (Lipinski definition) is 4. The Morgan fingerprint density at radius 2 is 2.00 bits per heavy atom. The molecule has 0 aliphatic rings. The lowest BCUT2D eigenvalue weighted by molar-refractivity contribution is 0.282. The van der Waals surface area contributed by atoms with Crippen LogP contribution in [-0.4, -0.2) is 34.0 Å². The molecule has 0 fully saturated rings. The first kappa shape index (κ1) is 14.7. The molecule has 0 saturated carbocycles. The molecular weight excluding hydrogens is 294 g/mol. The summed E-state index contributed by atoms with van der Waals surface area (Å²) in [5.74, 6) is 0.675. The minimum atomic E-state index is 0.00599. The molecule has 0 saturated heterocycles. The predicted octanol–water partition coefficient (Wildman–Crippen LogP) is 2.89. The second-order valence-electron chi connectivity index (χ2n) is 5.34. The Morgan fingerprint density at radius 1 is 1.23 bits per heavy atom. The van der Waals surface area contributed by atoms with Crippen molar-refractivity contribution < 1.29 is 5.11 Å². The van der Waals surface area contributed by atoms with Crippen LogP contribution in [0.4, 0.5) is 5.69 Å². The van der Waals surface area contributed by atoms with E-state index in [0.29, 0.717) is 10.7 Å². The minimum Gasteiger partial charge on any atom is -0.392 e. The number of aromatic nitrogens is 2. The van der Waals surface area contributed by atoms with Gasteiger partial charge in [-0.1, -0.05) is 36.5 Å². The van der Waals surface area contributed by atoms with Gasteiger partial charge in [0.1, 0.15) is 5.82 Å². The molecule has 3 rings (SSSR count). The number of benzene rings is 2. The molecule has 4 nitrogen and oxygen atoms in total. The van der Waals surface area contributed by atoms with Crippen LogP contribution in [0.3, 0.4) is 0 Å². The van der Waals surface area contributed by atoms with E-state index in [1.165, 1.54) is 0 Å². The molecule has 2 aromatic carbocycles. The lowest BCUT2D eigenvalue weighted by Crippen LogP contribution is -2.14. The maximum absolute atomic E-state index is 9.22. The number of imidazole rings is 1.